The van der Waals surface area contributed by atoms with Gasteiger partial charge in [0.05, 0.1) is 5.52 Å². The van der Waals surface area contributed by atoms with E-state index in [1.165, 1.54) is 0 Å². The number of H-pyrrole nitrogens is 1. The molecule has 3 aromatic rings. The summed E-state index contributed by atoms with van der Waals surface area (Å²) in [6.07, 6.45) is 1.03. The van der Waals surface area contributed by atoms with Gasteiger partial charge in [-0.15, -0.1) is 0 Å². The normalized spacial score (nSPS) is 21.6. The van der Waals surface area contributed by atoms with Crippen molar-refractivity contribution < 1.29 is 14.0 Å². The minimum absolute atomic E-state index is 0.136. The van der Waals surface area contributed by atoms with E-state index in [0.717, 1.165) is 18.7 Å². The third kappa shape index (κ3) is 4.27. The summed E-state index contributed by atoms with van der Waals surface area (Å²) in [5.41, 5.74) is 2.33. The molecule has 32 heavy (non-hydrogen) atoms. The molecule has 7 nitrogen and oxygen atoms in total. The van der Waals surface area contributed by atoms with Crippen LogP contribution in [0.2, 0.25) is 10.0 Å². The van der Waals surface area contributed by atoms with Crippen LogP contribution in [-0.4, -0.2) is 41.3 Å². The highest BCUT2D eigenvalue weighted by atomic mass is 35.5. The van der Waals surface area contributed by atoms with E-state index >= 15 is 0 Å². The number of carbonyl (C=O) groups excluding carboxylic acids is 2. The second kappa shape index (κ2) is 8.30. The molecule has 9 heteroatoms. The van der Waals surface area contributed by atoms with Gasteiger partial charge in [-0.1, -0.05) is 23.2 Å². The first-order valence-electron chi connectivity index (χ1n) is 10.5. The molecule has 166 valence electrons. The Morgan fingerprint density at radius 2 is 1.81 bits per heavy atom. The summed E-state index contributed by atoms with van der Waals surface area (Å²) in [5.74, 6) is 0.656. The number of fused-ring (bicyclic) bond motifs is 2. The molecule has 1 saturated carbocycles. The number of nitrogens with zero attached hydrogens (tertiary/aromatic N) is 1. The number of aromatic nitrogens is 1. The van der Waals surface area contributed by atoms with E-state index in [9.17, 15) is 14.4 Å². The number of halogens is 2. The maximum absolute atomic E-state index is 12.6. The fourth-order valence-electron chi connectivity index (χ4n) is 4.72. The summed E-state index contributed by atoms with van der Waals surface area (Å²) in [6.45, 7) is 2.05. The third-order valence-electron chi connectivity index (χ3n) is 6.46. The number of aryl methyl sites for hydroxylation is 1. The van der Waals surface area contributed by atoms with Crippen molar-refractivity contribution in [1.29, 1.82) is 0 Å². The number of aromatic amines is 1. The van der Waals surface area contributed by atoms with Crippen molar-refractivity contribution in [3.05, 3.63) is 68.1 Å². The molecule has 2 fully saturated rings. The van der Waals surface area contributed by atoms with Gasteiger partial charge in [-0.2, -0.15) is 0 Å². The van der Waals surface area contributed by atoms with E-state index in [4.69, 9.17) is 27.6 Å². The van der Waals surface area contributed by atoms with E-state index in [-0.39, 0.29) is 11.8 Å². The molecule has 1 aliphatic heterocycles. The molecule has 2 N–H and O–H groups in total. The molecule has 1 saturated heterocycles. The molecule has 2 heterocycles. The van der Waals surface area contributed by atoms with Gasteiger partial charge in [-0.05, 0) is 66.1 Å². The van der Waals surface area contributed by atoms with Crippen LogP contribution in [0.3, 0.4) is 0 Å². The zero-order chi connectivity index (χ0) is 22.4. The molecule has 1 aromatic heterocycles. The van der Waals surface area contributed by atoms with E-state index in [2.05, 4.69) is 10.3 Å². The Labute approximate surface area is 193 Å². The van der Waals surface area contributed by atoms with Gasteiger partial charge >= 0.3 is 5.76 Å². The number of benzene rings is 2. The first-order valence-corrected chi connectivity index (χ1v) is 11.3. The lowest BCUT2D eigenvalue weighted by Crippen LogP contribution is -2.34. The zero-order valence-corrected chi connectivity index (χ0v) is 18.6. The molecular weight excluding hydrogens is 453 g/mol. The van der Waals surface area contributed by atoms with Gasteiger partial charge in [0.2, 0.25) is 5.91 Å². The van der Waals surface area contributed by atoms with Crippen LogP contribution >= 0.6 is 23.2 Å². The van der Waals surface area contributed by atoms with Crippen molar-refractivity contribution >= 4 is 46.1 Å². The topological polar surface area (TPSA) is 95.4 Å². The quantitative estimate of drug-likeness (QED) is 0.572. The number of nitrogens with one attached hydrogen (secondary N) is 2. The van der Waals surface area contributed by atoms with Crippen molar-refractivity contribution in [2.45, 2.75) is 12.8 Å². The maximum Gasteiger partial charge on any atom is 0.417 e. The van der Waals surface area contributed by atoms with Gasteiger partial charge in [0, 0.05) is 41.7 Å². The number of carbonyl (C=O) groups is 2. The molecule has 2 amide bonds. The van der Waals surface area contributed by atoms with Gasteiger partial charge in [0.15, 0.2) is 5.58 Å². The Bertz CT molecular complexity index is 1240. The second-order valence-corrected chi connectivity index (χ2v) is 9.38. The molecule has 2 aliphatic rings. The van der Waals surface area contributed by atoms with Crippen LogP contribution in [0.4, 0.5) is 0 Å². The molecule has 1 aliphatic carbocycles. The average Bonchev–Trinajstić information content (AvgIpc) is 3.06. The largest absolute Gasteiger partial charge is 0.417 e. The van der Waals surface area contributed by atoms with Crippen molar-refractivity contribution in [2.24, 2.45) is 17.8 Å². The third-order valence-corrected chi connectivity index (χ3v) is 6.89. The number of oxazole rings is 1. The number of hydrogen-bond donors (Lipinski definition) is 2. The van der Waals surface area contributed by atoms with Crippen LogP contribution in [0.15, 0.2) is 45.6 Å². The lowest BCUT2D eigenvalue weighted by molar-refractivity contribution is -0.130. The molecule has 1 unspecified atom stereocenters. The Morgan fingerprint density at radius 1 is 1.09 bits per heavy atom. The van der Waals surface area contributed by atoms with Gasteiger partial charge in [0.25, 0.3) is 5.91 Å². The van der Waals surface area contributed by atoms with E-state index in [1.54, 1.807) is 24.3 Å². The van der Waals surface area contributed by atoms with E-state index < -0.39 is 5.76 Å². The summed E-state index contributed by atoms with van der Waals surface area (Å²) in [4.78, 5) is 40.8. The molecular formula is C23H21Cl2N3O4. The van der Waals surface area contributed by atoms with Crippen LogP contribution in [0.5, 0.6) is 0 Å². The average molecular weight is 474 g/mol. The fraction of sp³-hybridized carbons (Fsp3) is 0.348. The molecule has 0 spiro atoms. The Hall–Kier alpha value is -2.77. The highest BCUT2D eigenvalue weighted by Gasteiger charge is 2.56. The van der Waals surface area contributed by atoms with E-state index in [0.29, 0.717) is 63.8 Å². The van der Waals surface area contributed by atoms with Gasteiger partial charge in [0.1, 0.15) is 0 Å². The molecule has 3 atom stereocenters. The summed E-state index contributed by atoms with van der Waals surface area (Å²) < 4.78 is 5.01. The van der Waals surface area contributed by atoms with Crippen molar-refractivity contribution in [1.82, 2.24) is 15.2 Å². The predicted molar refractivity (Wildman–Crippen MR) is 121 cm³/mol. The lowest BCUT2D eigenvalue weighted by Gasteiger charge is -2.20. The number of rotatable bonds is 6. The fourth-order valence-corrected chi connectivity index (χ4v) is 5.29. The summed E-state index contributed by atoms with van der Waals surface area (Å²) in [6, 6.07) is 10.2. The smallest absolute Gasteiger partial charge is 0.408 e. The number of likely N-dealkylation sites (tertiary alicyclic amines) is 1. The van der Waals surface area contributed by atoms with Crippen LogP contribution in [0.1, 0.15) is 22.3 Å². The number of amides is 2. The predicted octanol–water partition coefficient (Wildman–Crippen LogP) is 3.49. The number of hydrogen-bond acceptors (Lipinski definition) is 4. The Morgan fingerprint density at radius 3 is 2.53 bits per heavy atom. The van der Waals surface area contributed by atoms with Crippen molar-refractivity contribution in [3.63, 3.8) is 0 Å². The van der Waals surface area contributed by atoms with Crippen LogP contribution in [0, 0.1) is 17.8 Å². The zero-order valence-electron chi connectivity index (χ0n) is 17.1. The first-order chi connectivity index (χ1) is 15.4. The molecule has 5 rings (SSSR count). The second-order valence-electron chi connectivity index (χ2n) is 8.50. The highest BCUT2D eigenvalue weighted by molar-refractivity contribution is 6.34. The van der Waals surface area contributed by atoms with Crippen LogP contribution in [-0.2, 0) is 11.2 Å². The van der Waals surface area contributed by atoms with Gasteiger partial charge < -0.3 is 14.6 Å². The standard InChI is InChI=1S/C23H21Cl2N3O4/c24-14-5-12(6-15(25)8-14)1-4-21(29)28-10-17-16(18(17)11-28)9-26-22(30)13-2-3-19-20(7-13)32-23(31)27-19/h2-3,5-8,16-18H,1,4,9-11H2,(H,26,30)(H,27,31)/t16?,17-,18+. The van der Waals surface area contributed by atoms with Crippen LogP contribution in [0.25, 0.3) is 11.1 Å². The summed E-state index contributed by atoms with van der Waals surface area (Å²) in [5, 5.41) is 4.11. The number of piperidine rings is 1. The molecule has 0 bridgehead atoms. The summed E-state index contributed by atoms with van der Waals surface area (Å²) in [7, 11) is 0. The Kier molecular flexibility index (Phi) is 5.47. The maximum atomic E-state index is 12.6. The minimum atomic E-state index is -0.543. The monoisotopic (exact) mass is 473 g/mol. The molecule has 2 aromatic carbocycles. The van der Waals surface area contributed by atoms with Crippen molar-refractivity contribution in [2.75, 3.05) is 19.6 Å². The van der Waals surface area contributed by atoms with Gasteiger partial charge in [-0.25, -0.2) is 4.79 Å². The summed E-state index contributed by atoms with van der Waals surface area (Å²) >= 11 is 12.0. The van der Waals surface area contributed by atoms with Crippen molar-refractivity contribution in [3.8, 4) is 0 Å². The van der Waals surface area contributed by atoms with Gasteiger partial charge in [-0.3, -0.25) is 14.6 Å². The molecule has 0 radical (unpaired) electrons. The van der Waals surface area contributed by atoms with Crippen LogP contribution < -0.4 is 11.1 Å². The minimum Gasteiger partial charge on any atom is -0.408 e. The first kappa shape index (κ1) is 21.1. The van der Waals surface area contributed by atoms with E-state index in [1.807, 2.05) is 17.0 Å². The lowest BCUT2D eigenvalue weighted by atomic mass is 10.1. The Balaban J connectivity index is 1.08. The SMILES string of the molecule is O=C(NCC1[C@H]2CN(C(=O)CCc3cc(Cl)cc(Cl)c3)C[C@@H]12)c1ccc2[nH]c(=O)oc2c1. The highest BCUT2D eigenvalue weighted by Crippen LogP contribution is 2.51.